The topological polar surface area (TPSA) is 46.5 Å². The van der Waals surface area contributed by atoms with Gasteiger partial charge in [-0.2, -0.15) is 0 Å². The number of hydrogen-bond acceptors (Lipinski definition) is 3. The standard InChI is InChI=1S/C16H18O3/c17-15(13-4-2-1-3-5-13)19-11-16(18)10-12-6-8-14(16)9-7-12/h1-6,8,12,14,18H,7,9-11H2. The fourth-order valence-electron chi connectivity index (χ4n) is 3.11. The van der Waals surface area contributed by atoms with E-state index >= 15 is 0 Å². The molecule has 3 atom stereocenters. The smallest absolute Gasteiger partial charge is 0.338 e. The average Bonchev–Trinajstić information content (AvgIpc) is 2.47. The number of benzene rings is 1. The van der Waals surface area contributed by atoms with Gasteiger partial charge in [-0.15, -0.1) is 0 Å². The maximum atomic E-state index is 11.9. The van der Waals surface area contributed by atoms with Crippen molar-refractivity contribution >= 4 is 5.97 Å². The first-order valence-corrected chi connectivity index (χ1v) is 6.80. The van der Waals surface area contributed by atoms with E-state index in [1.807, 2.05) is 6.07 Å². The highest BCUT2D eigenvalue weighted by Gasteiger charge is 2.44. The van der Waals surface area contributed by atoms with Crippen LogP contribution >= 0.6 is 0 Å². The number of ether oxygens (including phenoxy) is 1. The molecule has 1 fully saturated rings. The number of allylic oxidation sites excluding steroid dienone is 1. The third-order valence-electron chi connectivity index (χ3n) is 4.23. The lowest BCUT2D eigenvalue weighted by molar-refractivity contribution is -0.0913. The molecule has 3 heteroatoms. The highest BCUT2D eigenvalue weighted by atomic mass is 16.5. The first-order valence-electron chi connectivity index (χ1n) is 6.80. The highest BCUT2D eigenvalue weighted by Crippen LogP contribution is 2.43. The zero-order valence-corrected chi connectivity index (χ0v) is 10.8. The number of rotatable bonds is 3. The van der Waals surface area contributed by atoms with Gasteiger partial charge in [0.1, 0.15) is 12.2 Å². The Morgan fingerprint density at radius 1 is 1.26 bits per heavy atom. The zero-order valence-electron chi connectivity index (χ0n) is 10.8. The van der Waals surface area contributed by atoms with Gasteiger partial charge in [0, 0.05) is 5.92 Å². The van der Waals surface area contributed by atoms with E-state index in [1.54, 1.807) is 24.3 Å². The largest absolute Gasteiger partial charge is 0.459 e. The molecule has 1 aromatic carbocycles. The van der Waals surface area contributed by atoms with E-state index in [9.17, 15) is 9.90 Å². The Bertz CT molecular complexity index is 494. The van der Waals surface area contributed by atoms with Crippen LogP contribution in [0.25, 0.3) is 0 Å². The third-order valence-corrected chi connectivity index (χ3v) is 4.23. The van der Waals surface area contributed by atoms with E-state index in [4.69, 9.17) is 4.74 Å². The molecule has 0 saturated heterocycles. The molecule has 19 heavy (non-hydrogen) atoms. The summed E-state index contributed by atoms with van der Waals surface area (Å²) >= 11 is 0. The van der Waals surface area contributed by atoms with Crippen LogP contribution in [0.5, 0.6) is 0 Å². The maximum absolute atomic E-state index is 11.9. The minimum atomic E-state index is -0.873. The molecule has 0 aromatic heterocycles. The van der Waals surface area contributed by atoms with Crippen LogP contribution in [0.4, 0.5) is 0 Å². The molecule has 1 N–H and O–H groups in total. The molecule has 0 amide bonds. The van der Waals surface area contributed by atoms with Crippen LogP contribution in [0, 0.1) is 11.8 Å². The van der Waals surface area contributed by atoms with Crippen molar-refractivity contribution in [3.05, 3.63) is 48.0 Å². The molecule has 3 nitrogen and oxygen atoms in total. The van der Waals surface area contributed by atoms with Crippen LogP contribution in [0.3, 0.4) is 0 Å². The number of esters is 1. The minimum absolute atomic E-state index is 0.0895. The van der Waals surface area contributed by atoms with Crippen molar-refractivity contribution in [1.29, 1.82) is 0 Å². The molecule has 0 heterocycles. The van der Waals surface area contributed by atoms with Gasteiger partial charge in [-0.3, -0.25) is 0 Å². The van der Waals surface area contributed by atoms with Gasteiger partial charge in [-0.05, 0) is 37.3 Å². The normalized spacial score (nSPS) is 32.3. The predicted octanol–water partition coefficient (Wildman–Crippen LogP) is 2.56. The second-order valence-corrected chi connectivity index (χ2v) is 5.58. The van der Waals surface area contributed by atoms with Crippen molar-refractivity contribution in [2.45, 2.75) is 24.9 Å². The van der Waals surface area contributed by atoms with Gasteiger partial charge >= 0.3 is 5.97 Å². The van der Waals surface area contributed by atoms with E-state index in [2.05, 4.69) is 12.2 Å². The van der Waals surface area contributed by atoms with E-state index in [0.717, 1.165) is 12.8 Å². The van der Waals surface area contributed by atoms with Crippen molar-refractivity contribution in [2.24, 2.45) is 11.8 Å². The van der Waals surface area contributed by atoms with Gasteiger partial charge in [0.2, 0.25) is 0 Å². The van der Waals surface area contributed by atoms with Gasteiger partial charge in [0.15, 0.2) is 0 Å². The molecular formula is C16H18O3. The SMILES string of the molecule is O=C(OCC1(O)CC2C=CC1CC2)c1ccccc1. The fourth-order valence-corrected chi connectivity index (χ4v) is 3.11. The van der Waals surface area contributed by atoms with Crippen LogP contribution in [-0.4, -0.2) is 23.3 Å². The van der Waals surface area contributed by atoms with Gasteiger partial charge in [-0.1, -0.05) is 30.4 Å². The van der Waals surface area contributed by atoms with Gasteiger partial charge in [0.25, 0.3) is 0 Å². The second-order valence-electron chi connectivity index (χ2n) is 5.58. The van der Waals surface area contributed by atoms with Crippen molar-refractivity contribution in [1.82, 2.24) is 0 Å². The molecule has 3 aliphatic carbocycles. The molecule has 1 saturated carbocycles. The van der Waals surface area contributed by atoms with Gasteiger partial charge < -0.3 is 9.84 Å². The molecule has 100 valence electrons. The first-order chi connectivity index (χ1) is 9.17. The lowest BCUT2D eigenvalue weighted by Crippen LogP contribution is -2.48. The van der Waals surface area contributed by atoms with E-state index in [0.29, 0.717) is 17.9 Å². The van der Waals surface area contributed by atoms with Crippen molar-refractivity contribution in [2.75, 3.05) is 6.61 Å². The van der Waals surface area contributed by atoms with Crippen molar-refractivity contribution < 1.29 is 14.6 Å². The Kier molecular flexibility index (Phi) is 3.15. The third kappa shape index (κ3) is 2.43. The first kappa shape index (κ1) is 12.4. The van der Waals surface area contributed by atoms with Crippen LogP contribution in [0.2, 0.25) is 0 Å². The fraction of sp³-hybridized carbons (Fsp3) is 0.438. The molecule has 1 aromatic rings. The minimum Gasteiger partial charge on any atom is -0.459 e. The molecule has 4 rings (SSSR count). The Hall–Kier alpha value is -1.61. The zero-order chi connectivity index (χ0) is 13.3. The van der Waals surface area contributed by atoms with Gasteiger partial charge in [-0.25, -0.2) is 4.79 Å². The van der Waals surface area contributed by atoms with Crippen LogP contribution < -0.4 is 0 Å². The Balaban J connectivity index is 1.64. The van der Waals surface area contributed by atoms with E-state index < -0.39 is 5.60 Å². The predicted molar refractivity (Wildman–Crippen MR) is 71.6 cm³/mol. The van der Waals surface area contributed by atoms with Crippen LogP contribution in [0.1, 0.15) is 29.6 Å². The molecule has 3 aliphatic rings. The maximum Gasteiger partial charge on any atom is 0.338 e. The van der Waals surface area contributed by atoms with Gasteiger partial charge in [0.05, 0.1) is 5.56 Å². The molecule has 0 radical (unpaired) electrons. The molecule has 0 aliphatic heterocycles. The summed E-state index contributed by atoms with van der Waals surface area (Å²) in [5.41, 5.74) is -0.343. The van der Waals surface area contributed by atoms with Crippen molar-refractivity contribution in [3.8, 4) is 0 Å². The Morgan fingerprint density at radius 2 is 2.05 bits per heavy atom. The highest BCUT2D eigenvalue weighted by molar-refractivity contribution is 5.89. The molecular weight excluding hydrogens is 240 g/mol. The van der Waals surface area contributed by atoms with E-state index in [-0.39, 0.29) is 18.5 Å². The molecule has 2 bridgehead atoms. The monoisotopic (exact) mass is 258 g/mol. The molecule has 0 spiro atoms. The lowest BCUT2D eigenvalue weighted by atomic mass is 9.66. The quantitative estimate of drug-likeness (QED) is 0.669. The van der Waals surface area contributed by atoms with Crippen molar-refractivity contribution in [3.63, 3.8) is 0 Å². The summed E-state index contributed by atoms with van der Waals surface area (Å²) < 4.78 is 5.30. The number of carbonyl (C=O) groups is 1. The summed E-state index contributed by atoms with van der Waals surface area (Å²) in [6.07, 6.45) is 7.09. The summed E-state index contributed by atoms with van der Waals surface area (Å²) in [6, 6.07) is 8.90. The van der Waals surface area contributed by atoms with Crippen LogP contribution in [-0.2, 0) is 4.74 Å². The number of fused-ring (bicyclic) bond motifs is 2. The summed E-state index contributed by atoms with van der Waals surface area (Å²) in [4.78, 5) is 11.9. The van der Waals surface area contributed by atoms with Crippen LogP contribution in [0.15, 0.2) is 42.5 Å². The van der Waals surface area contributed by atoms with E-state index in [1.165, 1.54) is 0 Å². The number of hydrogen-bond donors (Lipinski definition) is 1. The summed E-state index contributed by atoms with van der Waals surface area (Å²) in [6.45, 7) is 0.0895. The second kappa shape index (κ2) is 4.82. The Morgan fingerprint density at radius 3 is 2.63 bits per heavy atom. The average molecular weight is 258 g/mol. The summed E-state index contributed by atoms with van der Waals surface area (Å²) in [5.74, 6) is 0.200. The molecule has 3 unspecified atom stereocenters. The summed E-state index contributed by atoms with van der Waals surface area (Å²) in [7, 11) is 0. The summed E-state index contributed by atoms with van der Waals surface area (Å²) in [5, 5.41) is 10.6. The lowest BCUT2D eigenvalue weighted by Gasteiger charge is -2.44. The number of carbonyl (C=O) groups excluding carboxylic acids is 1. The Labute approximate surface area is 112 Å². The number of aliphatic hydroxyl groups is 1.